The van der Waals surface area contributed by atoms with E-state index in [1.165, 1.54) is 63.9 Å². The van der Waals surface area contributed by atoms with Crippen molar-refractivity contribution in [3.05, 3.63) is 182 Å². The molecule has 8 aromatic carbocycles. The summed E-state index contributed by atoms with van der Waals surface area (Å²) in [5.41, 5.74) is 9.38. The molecule has 0 aliphatic rings. The molecule has 0 N–H and O–H groups in total. The zero-order valence-corrected chi connectivity index (χ0v) is 27.4. The van der Waals surface area contributed by atoms with Gasteiger partial charge in [0.1, 0.15) is 0 Å². The van der Waals surface area contributed by atoms with Gasteiger partial charge < -0.3 is 9.47 Å². The Balaban J connectivity index is 1.20. The summed E-state index contributed by atoms with van der Waals surface area (Å²) in [7, 11) is 0. The van der Waals surface area contributed by atoms with Crippen molar-refractivity contribution in [2.24, 2.45) is 0 Å². The molecule has 0 spiro atoms. The minimum atomic E-state index is 1.11. The summed E-state index contributed by atoms with van der Waals surface area (Å²) in [6.07, 6.45) is 0. The van der Waals surface area contributed by atoms with E-state index in [-0.39, 0.29) is 0 Å². The fraction of sp³-hybridized carbons (Fsp3) is 0. The Morgan fingerprint density at radius 2 is 0.980 bits per heavy atom. The van der Waals surface area contributed by atoms with E-state index in [2.05, 4.69) is 191 Å². The summed E-state index contributed by atoms with van der Waals surface area (Å²) < 4.78 is 5.08. The van der Waals surface area contributed by atoms with Crippen LogP contribution in [0.5, 0.6) is 0 Å². The molecule has 2 nitrogen and oxygen atoms in total. The average Bonchev–Trinajstić information content (AvgIpc) is 3.72. The van der Waals surface area contributed by atoms with E-state index < -0.39 is 0 Å². The number of aromatic nitrogens is 1. The summed E-state index contributed by atoms with van der Waals surface area (Å²) in [5.74, 6) is 0. The normalized spacial score (nSPS) is 11.7. The van der Waals surface area contributed by atoms with Crippen molar-refractivity contribution in [3.8, 4) is 16.8 Å². The van der Waals surface area contributed by atoms with E-state index in [9.17, 15) is 0 Å². The number of anilines is 3. The summed E-state index contributed by atoms with van der Waals surface area (Å²) in [6, 6.07) is 66.2. The molecule has 0 amide bonds. The smallest absolute Gasteiger partial charge is 0.0702 e. The fourth-order valence-corrected chi connectivity index (χ4v) is 8.84. The lowest BCUT2D eigenvalue weighted by Gasteiger charge is -2.29. The highest BCUT2D eigenvalue weighted by molar-refractivity contribution is 7.26. The molecule has 2 heterocycles. The van der Waals surface area contributed by atoms with E-state index in [0.717, 1.165) is 22.7 Å². The van der Waals surface area contributed by atoms with Crippen molar-refractivity contribution in [1.29, 1.82) is 0 Å². The van der Waals surface area contributed by atoms with Crippen LogP contribution >= 0.6 is 11.3 Å². The lowest BCUT2D eigenvalue weighted by Crippen LogP contribution is -2.13. The predicted molar refractivity (Wildman–Crippen MR) is 211 cm³/mol. The SMILES string of the molecule is c1ccc(-n2c3ccccc3c3ccccc32)c(N(c2ccc(-c3cccc4c3sc3ccccc34)cc2)c2cccc3ccccc23)c1. The van der Waals surface area contributed by atoms with Crippen molar-refractivity contribution in [2.75, 3.05) is 4.90 Å². The third-order valence-corrected chi connectivity index (χ3v) is 11.0. The quantitative estimate of drug-likeness (QED) is 0.181. The Hall–Kier alpha value is -6.16. The van der Waals surface area contributed by atoms with Gasteiger partial charge in [-0.15, -0.1) is 11.3 Å². The zero-order chi connectivity index (χ0) is 32.3. The first-order chi connectivity index (χ1) is 24.3. The topological polar surface area (TPSA) is 8.17 Å². The lowest BCUT2D eigenvalue weighted by atomic mass is 10.0. The number of hydrogen-bond acceptors (Lipinski definition) is 2. The van der Waals surface area contributed by atoms with Gasteiger partial charge in [-0.1, -0.05) is 133 Å². The molecular formula is C46H30N2S. The number of thiophene rings is 1. The minimum Gasteiger partial charge on any atom is -0.308 e. The molecule has 2 aromatic heterocycles. The molecule has 230 valence electrons. The maximum atomic E-state index is 2.44. The van der Waals surface area contributed by atoms with Crippen LogP contribution in [-0.4, -0.2) is 4.57 Å². The number of fused-ring (bicyclic) bond motifs is 7. The largest absolute Gasteiger partial charge is 0.308 e. The molecule has 0 bridgehead atoms. The number of para-hydroxylation sites is 4. The van der Waals surface area contributed by atoms with Gasteiger partial charge in [-0.2, -0.15) is 0 Å². The maximum absolute atomic E-state index is 2.44. The molecule has 0 saturated carbocycles. The van der Waals surface area contributed by atoms with Crippen LogP contribution in [0.3, 0.4) is 0 Å². The Labute approximate surface area is 288 Å². The second-order valence-electron chi connectivity index (χ2n) is 12.5. The Kier molecular flexibility index (Phi) is 6.39. The summed E-state index contributed by atoms with van der Waals surface area (Å²) in [6.45, 7) is 0. The average molecular weight is 643 g/mol. The van der Waals surface area contributed by atoms with Gasteiger partial charge in [0.2, 0.25) is 0 Å². The summed E-state index contributed by atoms with van der Waals surface area (Å²) in [5, 5.41) is 7.58. The molecular weight excluding hydrogens is 613 g/mol. The van der Waals surface area contributed by atoms with Crippen LogP contribution in [0.1, 0.15) is 0 Å². The maximum Gasteiger partial charge on any atom is 0.0702 e. The van der Waals surface area contributed by atoms with E-state index in [1.54, 1.807) is 0 Å². The second-order valence-corrected chi connectivity index (χ2v) is 13.6. The molecule has 0 aliphatic carbocycles. The van der Waals surface area contributed by atoms with Gasteiger partial charge in [0, 0.05) is 42.0 Å². The molecule has 0 atom stereocenters. The number of hydrogen-bond donors (Lipinski definition) is 0. The molecule has 49 heavy (non-hydrogen) atoms. The monoisotopic (exact) mass is 642 g/mol. The molecule has 0 unspecified atom stereocenters. The summed E-state index contributed by atoms with van der Waals surface area (Å²) >= 11 is 1.88. The van der Waals surface area contributed by atoms with Crippen LogP contribution in [0.4, 0.5) is 17.1 Å². The van der Waals surface area contributed by atoms with Crippen molar-refractivity contribution in [2.45, 2.75) is 0 Å². The van der Waals surface area contributed by atoms with E-state index in [1.807, 2.05) is 11.3 Å². The van der Waals surface area contributed by atoms with Crippen LogP contribution in [0.15, 0.2) is 182 Å². The zero-order valence-electron chi connectivity index (χ0n) is 26.6. The third kappa shape index (κ3) is 4.40. The Morgan fingerprint density at radius 3 is 1.78 bits per heavy atom. The first kappa shape index (κ1) is 27.9. The molecule has 3 heteroatoms. The first-order valence-corrected chi connectivity index (χ1v) is 17.5. The van der Waals surface area contributed by atoms with Gasteiger partial charge in [0.25, 0.3) is 0 Å². The highest BCUT2D eigenvalue weighted by atomic mass is 32.1. The van der Waals surface area contributed by atoms with Crippen LogP contribution in [0.2, 0.25) is 0 Å². The second kappa shape index (κ2) is 11.2. The molecule has 0 radical (unpaired) electrons. The highest BCUT2D eigenvalue weighted by Crippen LogP contribution is 2.45. The van der Waals surface area contributed by atoms with Gasteiger partial charge >= 0.3 is 0 Å². The lowest BCUT2D eigenvalue weighted by molar-refractivity contribution is 1.15. The van der Waals surface area contributed by atoms with Crippen molar-refractivity contribution >= 4 is 81.1 Å². The van der Waals surface area contributed by atoms with Gasteiger partial charge in [0.15, 0.2) is 0 Å². The predicted octanol–water partition coefficient (Wildman–Crippen LogP) is 13.4. The third-order valence-electron chi connectivity index (χ3n) is 9.79. The van der Waals surface area contributed by atoms with E-state index in [0.29, 0.717) is 0 Å². The standard InChI is InChI=1S/C46H30N2S/c1-2-15-34-31(13-1)14-11-25-40(34)47(33-29-27-32(28-30-33)35-19-12-20-39-38-18-5-10-26-45(38)49-46(35)39)43-23-8-9-24-44(43)48-41-21-6-3-16-36(41)37-17-4-7-22-42(37)48/h1-30H. The first-order valence-electron chi connectivity index (χ1n) is 16.7. The summed E-state index contributed by atoms with van der Waals surface area (Å²) in [4.78, 5) is 2.44. The van der Waals surface area contributed by atoms with Gasteiger partial charge in [-0.05, 0) is 65.0 Å². The molecule has 0 aliphatic heterocycles. The van der Waals surface area contributed by atoms with E-state index in [4.69, 9.17) is 0 Å². The van der Waals surface area contributed by atoms with Crippen molar-refractivity contribution < 1.29 is 0 Å². The Morgan fingerprint density at radius 1 is 0.408 bits per heavy atom. The van der Waals surface area contributed by atoms with Crippen molar-refractivity contribution in [1.82, 2.24) is 4.57 Å². The van der Waals surface area contributed by atoms with Crippen molar-refractivity contribution in [3.63, 3.8) is 0 Å². The van der Waals surface area contributed by atoms with Crippen LogP contribution in [0.25, 0.3) is 69.6 Å². The molecule has 10 aromatic rings. The number of nitrogens with zero attached hydrogens (tertiary/aromatic N) is 2. The van der Waals surface area contributed by atoms with Gasteiger partial charge in [0.05, 0.1) is 28.1 Å². The molecule has 0 fully saturated rings. The van der Waals surface area contributed by atoms with Crippen LogP contribution < -0.4 is 4.90 Å². The molecule has 10 rings (SSSR count). The van der Waals surface area contributed by atoms with Gasteiger partial charge in [-0.25, -0.2) is 0 Å². The number of rotatable bonds is 5. The highest BCUT2D eigenvalue weighted by Gasteiger charge is 2.22. The van der Waals surface area contributed by atoms with Gasteiger partial charge in [-0.3, -0.25) is 0 Å². The molecule has 0 saturated heterocycles. The van der Waals surface area contributed by atoms with E-state index >= 15 is 0 Å². The number of benzene rings is 8. The fourth-order valence-electron chi connectivity index (χ4n) is 7.60. The Bertz CT molecular complexity index is 2780. The minimum absolute atomic E-state index is 1.11. The van der Waals surface area contributed by atoms with Crippen LogP contribution in [0, 0.1) is 0 Å². The van der Waals surface area contributed by atoms with Crippen LogP contribution in [-0.2, 0) is 0 Å².